The zero-order valence-corrected chi connectivity index (χ0v) is 36.0. The number of rotatable bonds is 15. The Bertz CT molecular complexity index is 2110. The van der Waals surface area contributed by atoms with Crippen molar-refractivity contribution in [2.45, 2.75) is 133 Å². The lowest BCUT2D eigenvalue weighted by atomic mass is 9.44. The topological polar surface area (TPSA) is 215 Å². The molecule has 334 valence electrons. The minimum Gasteiger partial charge on any atom is -0.456 e. The van der Waals surface area contributed by atoms with Gasteiger partial charge in [0.05, 0.1) is 35.6 Å². The second kappa shape index (κ2) is 18.0. The number of ketones is 1. The molecule has 1 amide bonds. The number of aliphatic hydroxyl groups excluding tert-OH is 3. The quantitative estimate of drug-likeness (QED) is 0.0731. The van der Waals surface area contributed by atoms with E-state index in [9.17, 15) is 39.6 Å². The van der Waals surface area contributed by atoms with Crippen LogP contribution in [0.2, 0.25) is 0 Å². The van der Waals surface area contributed by atoms with E-state index >= 15 is 4.79 Å². The van der Waals surface area contributed by atoms with E-state index in [0.29, 0.717) is 30.4 Å². The summed E-state index contributed by atoms with van der Waals surface area (Å²) in [4.78, 5) is 70.0. The molecule has 2 bridgehead atoms. The van der Waals surface area contributed by atoms with Gasteiger partial charge in [0, 0.05) is 31.6 Å². The Morgan fingerprint density at radius 2 is 1.66 bits per heavy atom. The van der Waals surface area contributed by atoms with Gasteiger partial charge in [0.1, 0.15) is 30.0 Å². The van der Waals surface area contributed by atoms with Crippen molar-refractivity contribution >= 4 is 29.6 Å². The summed E-state index contributed by atoms with van der Waals surface area (Å²) in [6, 6.07) is 13.7. The summed E-state index contributed by atoms with van der Waals surface area (Å²) in [5.41, 5.74) is -6.58. The molecule has 62 heavy (non-hydrogen) atoms. The predicted molar refractivity (Wildman–Crippen MR) is 225 cm³/mol. The van der Waals surface area contributed by atoms with Crippen LogP contribution in [0, 0.1) is 16.7 Å². The summed E-state index contributed by atoms with van der Waals surface area (Å²) < 4.78 is 24.5. The minimum atomic E-state index is -2.36. The Morgan fingerprint density at radius 3 is 2.29 bits per heavy atom. The smallest absolute Gasteiger partial charge is 0.338 e. The molecule has 0 spiro atoms. The number of esters is 3. The molecule has 11 atom stereocenters. The van der Waals surface area contributed by atoms with Crippen LogP contribution in [0.15, 0.2) is 91.1 Å². The van der Waals surface area contributed by atoms with Gasteiger partial charge >= 0.3 is 17.9 Å². The Labute approximate surface area is 362 Å². The third-order valence-corrected chi connectivity index (χ3v) is 13.9. The van der Waals surface area contributed by atoms with Crippen molar-refractivity contribution < 1.29 is 63.3 Å². The second-order valence-electron chi connectivity index (χ2n) is 17.8. The summed E-state index contributed by atoms with van der Waals surface area (Å²) in [5.74, 6) is -5.72. The Morgan fingerprint density at radius 1 is 0.984 bits per heavy atom. The highest BCUT2D eigenvalue weighted by Crippen LogP contribution is 2.64. The Hall–Kier alpha value is -4.99. The SMILES string of the molecule is C=CCCCCC(=O)N[C@@H](c1ccccc1)[C@@H](O)C(=O)O[C@H]1C[C@@]2(O)[C@@H](OC(=O)c3ccccc3CC=C)[C@@H]3[C@]4(OC(C)=O)CO[C@@H]4C[C@H](O)[C@@]3(C)C(=O)[C@H](O)C(=C1C)C2(C)C. The first-order valence-corrected chi connectivity index (χ1v) is 21.2. The Kier molecular flexibility index (Phi) is 13.5. The van der Waals surface area contributed by atoms with Gasteiger partial charge in [-0.3, -0.25) is 14.4 Å². The fraction of sp³-hybridized carbons (Fsp3) is 0.521. The van der Waals surface area contributed by atoms with E-state index in [0.717, 1.165) is 6.92 Å². The van der Waals surface area contributed by atoms with Crippen LogP contribution in [0.5, 0.6) is 0 Å². The number of aliphatic hydroxyl groups is 4. The number of ether oxygens (including phenoxy) is 4. The van der Waals surface area contributed by atoms with Gasteiger partial charge in [-0.15, -0.1) is 13.2 Å². The van der Waals surface area contributed by atoms with Crippen LogP contribution in [0.25, 0.3) is 0 Å². The molecule has 2 saturated carbocycles. The van der Waals surface area contributed by atoms with Crippen molar-refractivity contribution in [3.05, 3.63) is 108 Å². The highest BCUT2D eigenvalue weighted by Gasteiger charge is 2.78. The maximum atomic E-state index is 15.1. The molecule has 3 fully saturated rings. The fourth-order valence-corrected chi connectivity index (χ4v) is 10.4. The molecule has 1 saturated heterocycles. The molecular weight excluding hydrogens is 799 g/mol. The number of carbonyl (C=O) groups is 5. The number of hydrogen-bond acceptors (Lipinski definition) is 13. The molecule has 0 radical (unpaired) electrons. The molecule has 14 nitrogen and oxygen atoms in total. The number of carbonyl (C=O) groups excluding carboxylic acids is 5. The lowest BCUT2D eigenvalue weighted by molar-refractivity contribution is -0.346. The number of nitrogens with one attached hydrogen (secondary N) is 1. The van der Waals surface area contributed by atoms with Crippen LogP contribution in [0.4, 0.5) is 0 Å². The number of unbranched alkanes of at least 4 members (excludes halogenated alkanes) is 2. The molecule has 0 unspecified atom stereocenters. The zero-order valence-electron chi connectivity index (χ0n) is 36.0. The first-order chi connectivity index (χ1) is 29.3. The van der Waals surface area contributed by atoms with E-state index in [1.807, 2.05) is 0 Å². The largest absolute Gasteiger partial charge is 0.456 e. The number of amides is 1. The third-order valence-electron chi connectivity index (χ3n) is 13.9. The summed E-state index contributed by atoms with van der Waals surface area (Å²) in [5, 5.41) is 52.3. The van der Waals surface area contributed by atoms with E-state index in [4.69, 9.17) is 18.9 Å². The van der Waals surface area contributed by atoms with Crippen LogP contribution < -0.4 is 5.32 Å². The molecule has 1 heterocycles. The minimum absolute atomic E-state index is 0.0514. The highest BCUT2D eigenvalue weighted by atomic mass is 16.6. The molecule has 0 aromatic heterocycles. The van der Waals surface area contributed by atoms with Gasteiger partial charge in [-0.25, -0.2) is 9.59 Å². The summed E-state index contributed by atoms with van der Waals surface area (Å²) >= 11 is 0. The van der Waals surface area contributed by atoms with E-state index < -0.39 is 107 Å². The standard InChI is InChI=1S/C48H59NO13/c1-8-10-11-15-23-35(52)49-37(30-20-13-12-14-21-30)39(54)44(57)60-32-25-48(58)42(61-43(56)31-22-17-16-19-29(31)18-9-2)40-46(7,41(55)38(53)36(27(32)3)45(48,5)6)33(51)24-34-47(40,26-59-34)62-28(4)50/h8-9,12-14,16-17,19-22,32-34,37-40,42,51,53-54,58H,1-2,10-11,15,18,23-26H2,3-7H3,(H,49,52)/t32-,33-,34+,37-,38+,39+,40-,42-,46+,47-,48+/m0/s1. The zero-order chi connectivity index (χ0) is 45.4. The third kappa shape index (κ3) is 7.96. The maximum absolute atomic E-state index is 15.1. The lowest BCUT2D eigenvalue weighted by Crippen LogP contribution is -2.81. The number of benzene rings is 2. The molecule has 5 N–H and O–H groups in total. The molecular formula is C48H59NO13. The van der Waals surface area contributed by atoms with Crippen LogP contribution in [0.1, 0.15) is 101 Å². The molecule has 4 aliphatic rings. The highest BCUT2D eigenvalue weighted by molar-refractivity contribution is 5.94. The van der Waals surface area contributed by atoms with Crippen LogP contribution in [-0.2, 0) is 44.5 Å². The first-order valence-electron chi connectivity index (χ1n) is 21.2. The van der Waals surface area contributed by atoms with Gasteiger partial charge in [0.2, 0.25) is 5.91 Å². The number of Topliss-reactive ketones (excluding diaryl/α,β-unsaturated/α-hetero) is 1. The maximum Gasteiger partial charge on any atom is 0.338 e. The van der Waals surface area contributed by atoms with Gasteiger partial charge in [-0.2, -0.15) is 0 Å². The first kappa shape index (κ1) is 46.5. The molecule has 2 aromatic carbocycles. The van der Waals surface area contributed by atoms with Crippen LogP contribution in [-0.4, -0.2) is 104 Å². The van der Waals surface area contributed by atoms with Gasteiger partial charge in [-0.1, -0.05) is 74.5 Å². The number of fused-ring (bicyclic) bond motifs is 5. The van der Waals surface area contributed by atoms with Crippen molar-refractivity contribution in [3.8, 4) is 0 Å². The van der Waals surface area contributed by atoms with Crippen molar-refractivity contribution in [1.29, 1.82) is 0 Å². The molecule has 1 aliphatic heterocycles. The number of hydrogen-bond donors (Lipinski definition) is 5. The molecule has 3 aliphatic carbocycles. The average Bonchev–Trinajstić information content (AvgIpc) is 3.23. The van der Waals surface area contributed by atoms with Crippen LogP contribution >= 0.6 is 0 Å². The number of allylic oxidation sites excluding steroid dienone is 2. The van der Waals surface area contributed by atoms with Gasteiger partial charge in [0.25, 0.3) is 0 Å². The monoisotopic (exact) mass is 857 g/mol. The van der Waals surface area contributed by atoms with Crippen molar-refractivity contribution in [3.63, 3.8) is 0 Å². The fourth-order valence-electron chi connectivity index (χ4n) is 10.4. The van der Waals surface area contributed by atoms with Crippen LogP contribution in [0.3, 0.4) is 0 Å². The summed E-state index contributed by atoms with van der Waals surface area (Å²) in [7, 11) is 0. The van der Waals surface area contributed by atoms with E-state index in [1.54, 1.807) is 74.5 Å². The van der Waals surface area contributed by atoms with Gasteiger partial charge < -0.3 is 44.7 Å². The molecule has 6 rings (SSSR count). The average molecular weight is 858 g/mol. The van der Waals surface area contributed by atoms with Crippen molar-refractivity contribution in [2.75, 3.05) is 6.61 Å². The van der Waals surface area contributed by atoms with Crippen molar-refractivity contribution in [2.24, 2.45) is 16.7 Å². The van der Waals surface area contributed by atoms with Gasteiger partial charge in [0.15, 0.2) is 17.5 Å². The lowest BCUT2D eigenvalue weighted by Gasteiger charge is -2.67. The van der Waals surface area contributed by atoms with E-state index in [-0.39, 0.29) is 42.6 Å². The summed E-state index contributed by atoms with van der Waals surface area (Å²) in [6.07, 6.45) is -4.78. The van der Waals surface area contributed by atoms with E-state index in [1.165, 1.54) is 19.9 Å². The Balaban J connectivity index is 1.48. The van der Waals surface area contributed by atoms with Gasteiger partial charge in [-0.05, 0) is 67.9 Å². The van der Waals surface area contributed by atoms with E-state index in [2.05, 4.69) is 18.5 Å². The molecule has 2 aromatic rings. The molecule has 14 heteroatoms. The summed E-state index contributed by atoms with van der Waals surface area (Å²) in [6.45, 7) is 14.4. The second-order valence-corrected chi connectivity index (χ2v) is 17.8. The normalized spacial score (nSPS) is 31.9. The predicted octanol–water partition coefficient (Wildman–Crippen LogP) is 4.33. The van der Waals surface area contributed by atoms with Crippen molar-refractivity contribution in [1.82, 2.24) is 5.32 Å².